The second kappa shape index (κ2) is 10.2. The van der Waals surface area contributed by atoms with E-state index < -0.39 is 11.8 Å². The molecule has 0 aromatic heterocycles. The van der Waals surface area contributed by atoms with Gasteiger partial charge in [0.25, 0.3) is 11.8 Å². The van der Waals surface area contributed by atoms with Crippen LogP contribution in [0.5, 0.6) is 11.5 Å². The minimum atomic E-state index is -0.970. The van der Waals surface area contributed by atoms with Crippen molar-refractivity contribution in [2.45, 2.75) is 24.6 Å². The summed E-state index contributed by atoms with van der Waals surface area (Å²) < 4.78 is 22.0. The van der Waals surface area contributed by atoms with Crippen LogP contribution in [0.1, 0.15) is 33.6 Å². The maximum absolute atomic E-state index is 13.6. The Hall–Kier alpha value is -3.63. The van der Waals surface area contributed by atoms with E-state index in [2.05, 4.69) is 5.32 Å². The van der Waals surface area contributed by atoms with Gasteiger partial charge in [-0.05, 0) is 30.3 Å². The summed E-state index contributed by atoms with van der Waals surface area (Å²) in [7, 11) is 1.56. The molecule has 2 aromatic carbocycles. The number of likely N-dealkylation sites (tertiary alicyclic amines) is 1. The van der Waals surface area contributed by atoms with E-state index in [9.17, 15) is 14.4 Å². The Balaban J connectivity index is 1.33. The summed E-state index contributed by atoms with van der Waals surface area (Å²) in [6.45, 7) is 1.70. The van der Waals surface area contributed by atoms with Crippen LogP contribution < -0.4 is 14.8 Å². The Kier molecular flexibility index (Phi) is 6.80. The first-order valence-electron chi connectivity index (χ1n) is 12.0. The number of hydrogen-bond acceptors (Lipinski definition) is 7. The monoisotopic (exact) mass is 495 g/mol. The molecular formula is C26H29N3O7. The van der Waals surface area contributed by atoms with Crippen molar-refractivity contribution in [1.29, 1.82) is 0 Å². The number of carbonyl (C=O) groups is 3. The zero-order valence-corrected chi connectivity index (χ0v) is 20.1. The molecule has 10 nitrogen and oxygen atoms in total. The molecule has 2 aromatic rings. The van der Waals surface area contributed by atoms with Gasteiger partial charge in [-0.15, -0.1) is 0 Å². The minimum Gasteiger partial charge on any atom is -0.454 e. The average molecular weight is 496 g/mol. The molecule has 0 saturated carbocycles. The van der Waals surface area contributed by atoms with Crippen LogP contribution >= 0.6 is 0 Å². The van der Waals surface area contributed by atoms with Gasteiger partial charge < -0.3 is 29.2 Å². The van der Waals surface area contributed by atoms with Gasteiger partial charge >= 0.3 is 0 Å². The van der Waals surface area contributed by atoms with E-state index >= 15 is 0 Å². The lowest BCUT2D eigenvalue weighted by molar-refractivity contribution is -0.128. The summed E-state index contributed by atoms with van der Waals surface area (Å²) in [6, 6.07) is 13.2. The molecule has 3 heterocycles. The first-order valence-corrected chi connectivity index (χ1v) is 12.0. The van der Waals surface area contributed by atoms with E-state index in [0.717, 1.165) is 0 Å². The smallest absolute Gasteiger partial charge is 0.256 e. The first-order chi connectivity index (χ1) is 17.5. The number of benzene rings is 2. The molecule has 5 rings (SSSR count). The molecule has 0 bridgehead atoms. The molecule has 1 unspecified atom stereocenters. The van der Waals surface area contributed by atoms with E-state index in [-0.39, 0.29) is 31.1 Å². The molecule has 190 valence electrons. The van der Waals surface area contributed by atoms with E-state index in [1.54, 1.807) is 59.4 Å². The van der Waals surface area contributed by atoms with Crippen molar-refractivity contribution in [3.05, 3.63) is 59.7 Å². The van der Waals surface area contributed by atoms with Crippen molar-refractivity contribution in [1.82, 2.24) is 15.1 Å². The highest BCUT2D eigenvalue weighted by Crippen LogP contribution is 2.39. The SMILES string of the molecule is COCCNC(=O)C1COC2(CCN(C(=O)c3ccc4c(c3)OCO4)CC2)N1C(=O)c1ccccc1. The maximum atomic E-state index is 13.6. The molecule has 2 fully saturated rings. The molecule has 3 aliphatic heterocycles. The number of nitrogens with zero attached hydrogens (tertiary/aromatic N) is 2. The predicted molar refractivity (Wildman–Crippen MR) is 128 cm³/mol. The van der Waals surface area contributed by atoms with Gasteiger partial charge in [-0.2, -0.15) is 0 Å². The van der Waals surface area contributed by atoms with Gasteiger partial charge in [0.05, 0.1) is 13.2 Å². The van der Waals surface area contributed by atoms with Crippen LogP contribution in [-0.4, -0.2) is 86.0 Å². The lowest BCUT2D eigenvalue weighted by Crippen LogP contribution is -2.60. The first kappa shape index (κ1) is 24.1. The fraction of sp³-hybridized carbons (Fsp3) is 0.423. The molecule has 1 N–H and O–H groups in total. The van der Waals surface area contributed by atoms with Crippen molar-refractivity contribution in [2.75, 3.05) is 46.8 Å². The second-order valence-electron chi connectivity index (χ2n) is 8.96. The highest BCUT2D eigenvalue weighted by Gasteiger charge is 2.54. The van der Waals surface area contributed by atoms with Crippen LogP contribution in [0.4, 0.5) is 0 Å². The van der Waals surface area contributed by atoms with Crippen molar-refractivity contribution in [2.24, 2.45) is 0 Å². The maximum Gasteiger partial charge on any atom is 0.256 e. The zero-order chi connectivity index (χ0) is 25.1. The Labute approximate surface area is 209 Å². The molecule has 0 radical (unpaired) electrons. The summed E-state index contributed by atoms with van der Waals surface area (Å²) in [6.07, 6.45) is 0.785. The van der Waals surface area contributed by atoms with Gasteiger partial charge in [-0.3, -0.25) is 19.3 Å². The third kappa shape index (κ3) is 4.49. The third-order valence-corrected chi connectivity index (χ3v) is 6.86. The number of amides is 3. The van der Waals surface area contributed by atoms with Crippen LogP contribution in [0.3, 0.4) is 0 Å². The van der Waals surface area contributed by atoms with Gasteiger partial charge in [0.2, 0.25) is 12.7 Å². The van der Waals surface area contributed by atoms with E-state index in [1.807, 2.05) is 6.07 Å². The summed E-state index contributed by atoms with van der Waals surface area (Å²) in [5, 5.41) is 2.83. The third-order valence-electron chi connectivity index (χ3n) is 6.86. The topological polar surface area (TPSA) is 107 Å². The van der Waals surface area contributed by atoms with E-state index in [4.69, 9.17) is 18.9 Å². The van der Waals surface area contributed by atoms with Crippen LogP contribution in [0.15, 0.2) is 48.5 Å². The van der Waals surface area contributed by atoms with Gasteiger partial charge in [-0.25, -0.2) is 0 Å². The normalized spacial score (nSPS) is 20.0. The Morgan fingerprint density at radius 1 is 1.00 bits per heavy atom. The number of hydrogen-bond donors (Lipinski definition) is 1. The number of rotatable bonds is 6. The quantitative estimate of drug-likeness (QED) is 0.608. The molecule has 1 atom stereocenters. The van der Waals surface area contributed by atoms with Gasteiger partial charge in [0.1, 0.15) is 11.8 Å². The van der Waals surface area contributed by atoms with E-state index in [0.29, 0.717) is 61.7 Å². The Morgan fingerprint density at radius 3 is 2.50 bits per heavy atom. The second-order valence-corrected chi connectivity index (χ2v) is 8.96. The fourth-order valence-electron chi connectivity index (χ4n) is 4.95. The molecule has 36 heavy (non-hydrogen) atoms. The van der Waals surface area contributed by atoms with Crippen molar-refractivity contribution < 1.29 is 33.3 Å². The Bertz CT molecular complexity index is 1130. The number of ether oxygens (including phenoxy) is 4. The number of piperidine rings is 1. The van der Waals surface area contributed by atoms with Crippen LogP contribution in [0, 0.1) is 0 Å². The van der Waals surface area contributed by atoms with Gasteiger partial charge in [0, 0.05) is 50.7 Å². The number of nitrogens with one attached hydrogen (secondary N) is 1. The molecule has 10 heteroatoms. The highest BCUT2D eigenvalue weighted by atomic mass is 16.7. The zero-order valence-electron chi connectivity index (χ0n) is 20.1. The van der Waals surface area contributed by atoms with Crippen LogP contribution in [-0.2, 0) is 14.3 Å². The largest absolute Gasteiger partial charge is 0.454 e. The molecule has 3 aliphatic rings. The summed E-state index contributed by atoms with van der Waals surface area (Å²) in [5.74, 6) is 0.488. The predicted octanol–water partition coefficient (Wildman–Crippen LogP) is 1.65. The molecule has 3 amide bonds. The van der Waals surface area contributed by atoms with Crippen LogP contribution in [0.2, 0.25) is 0 Å². The highest BCUT2D eigenvalue weighted by molar-refractivity contribution is 5.98. The van der Waals surface area contributed by atoms with Crippen molar-refractivity contribution >= 4 is 17.7 Å². The molecular weight excluding hydrogens is 466 g/mol. The summed E-state index contributed by atoms with van der Waals surface area (Å²) >= 11 is 0. The summed E-state index contributed by atoms with van der Waals surface area (Å²) in [5.41, 5.74) is 0.0214. The fourth-order valence-corrected chi connectivity index (χ4v) is 4.95. The molecule has 2 saturated heterocycles. The molecule has 0 aliphatic carbocycles. The standard InChI is InChI=1S/C26H29N3O7/c1-33-14-11-27-23(30)20-16-36-26(29(20)25(32)18-5-3-2-4-6-18)9-12-28(13-10-26)24(31)19-7-8-21-22(15-19)35-17-34-21/h2-8,15,20H,9-14,16-17H2,1H3,(H,27,30). The van der Waals surface area contributed by atoms with Crippen LogP contribution in [0.25, 0.3) is 0 Å². The Morgan fingerprint density at radius 2 is 1.75 bits per heavy atom. The number of methoxy groups -OCH3 is 1. The molecule has 1 spiro atoms. The lowest BCUT2D eigenvalue weighted by atomic mass is 9.96. The minimum absolute atomic E-state index is 0.0908. The average Bonchev–Trinajstić information content (AvgIpc) is 3.53. The van der Waals surface area contributed by atoms with Gasteiger partial charge in [-0.1, -0.05) is 18.2 Å². The summed E-state index contributed by atoms with van der Waals surface area (Å²) in [4.78, 5) is 43.2. The number of fused-ring (bicyclic) bond motifs is 1. The van der Waals surface area contributed by atoms with Crippen molar-refractivity contribution in [3.63, 3.8) is 0 Å². The number of carbonyl (C=O) groups excluding carboxylic acids is 3. The van der Waals surface area contributed by atoms with Gasteiger partial charge in [0.15, 0.2) is 11.5 Å². The lowest BCUT2D eigenvalue weighted by Gasteiger charge is -2.44. The van der Waals surface area contributed by atoms with Crippen molar-refractivity contribution in [3.8, 4) is 11.5 Å². The van der Waals surface area contributed by atoms with E-state index in [1.165, 1.54) is 0 Å².